The Morgan fingerprint density at radius 3 is 2.55 bits per heavy atom. The predicted octanol–water partition coefficient (Wildman–Crippen LogP) is 2.11. The Hall–Kier alpha value is -3.66. The second-order valence-corrected chi connectivity index (χ2v) is 7.95. The number of hydrogen-bond donors (Lipinski definition) is 1. The number of furan rings is 1. The molecular formula is C23H27N3O7. The van der Waals surface area contributed by atoms with Gasteiger partial charge in [0, 0.05) is 31.1 Å². The minimum atomic E-state index is -0.875. The van der Waals surface area contributed by atoms with Crippen LogP contribution in [0.3, 0.4) is 0 Å². The van der Waals surface area contributed by atoms with Crippen LogP contribution in [-0.4, -0.2) is 34.1 Å². The third-order valence-electron chi connectivity index (χ3n) is 5.08. The van der Waals surface area contributed by atoms with Gasteiger partial charge in [0.1, 0.15) is 17.0 Å². The van der Waals surface area contributed by atoms with Crippen molar-refractivity contribution in [2.45, 2.75) is 33.9 Å². The van der Waals surface area contributed by atoms with Gasteiger partial charge in [0.05, 0.1) is 6.61 Å². The number of nitrogens with zero attached hydrogens (tertiary/aromatic N) is 2. The van der Waals surface area contributed by atoms with Crippen LogP contribution in [0.5, 0.6) is 0 Å². The fourth-order valence-electron chi connectivity index (χ4n) is 3.47. The average molecular weight is 457 g/mol. The van der Waals surface area contributed by atoms with Gasteiger partial charge in [0.2, 0.25) is 11.5 Å². The summed E-state index contributed by atoms with van der Waals surface area (Å²) in [4.78, 5) is 50.5. The van der Waals surface area contributed by atoms with E-state index in [9.17, 15) is 19.2 Å². The molecule has 10 nitrogen and oxygen atoms in total. The number of rotatable bonds is 9. The summed E-state index contributed by atoms with van der Waals surface area (Å²) in [5.74, 6) is -1.98. The Bertz CT molecular complexity index is 1310. The molecule has 10 heteroatoms. The van der Waals surface area contributed by atoms with E-state index in [4.69, 9.17) is 19.6 Å². The van der Waals surface area contributed by atoms with Crippen LogP contribution < -0.4 is 17.0 Å². The van der Waals surface area contributed by atoms with Gasteiger partial charge >= 0.3 is 11.7 Å². The normalized spacial score (nSPS) is 11.3. The van der Waals surface area contributed by atoms with E-state index in [1.165, 1.54) is 11.6 Å². The van der Waals surface area contributed by atoms with Crippen molar-refractivity contribution >= 4 is 28.5 Å². The Morgan fingerprint density at radius 1 is 1.18 bits per heavy atom. The quantitative estimate of drug-likeness (QED) is 0.381. The molecule has 1 aromatic carbocycles. The topological polar surface area (TPSA) is 136 Å². The van der Waals surface area contributed by atoms with Crippen LogP contribution >= 0.6 is 0 Å². The maximum absolute atomic E-state index is 12.8. The molecule has 2 N–H and O–H groups in total. The molecule has 0 atom stereocenters. The van der Waals surface area contributed by atoms with Gasteiger partial charge in [0.15, 0.2) is 6.61 Å². The van der Waals surface area contributed by atoms with Crippen molar-refractivity contribution in [3.8, 4) is 0 Å². The number of ether oxygens (including phenoxy) is 2. The molecule has 0 aliphatic rings. The lowest BCUT2D eigenvalue weighted by molar-refractivity contribution is 0.0438. The number of nitrogens with two attached hydrogens (primary N) is 1. The molecular weight excluding hydrogens is 430 g/mol. The largest absolute Gasteiger partial charge is 0.451 e. The number of benzene rings is 1. The number of anilines is 1. The van der Waals surface area contributed by atoms with Crippen molar-refractivity contribution in [2.24, 2.45) is 13.0 Å². The van der Waals surface area contributed by atoms with Crippen LogP contribution in [0.1, 0.15) is 47.2 Å². The highest BCUT2D eigenvalue weighted by Crippen LogP contribution is 2.27. The Labute approximate surface area is 189 Å². The molecule has 0 spiro atoms. The van der Waals surface area contributed by atoms with Gasteiger partial charge in [-0.25, -0.2) is 9.59 Å². The summed E-state index contributed by atoms with van der Waals surface area (Å²) >= 11 is 0. The number of fused-ring (bicyclic) bond motifs is 1. The van der Waals surface area contributed by atoms with Gasteiger partial charge in [-0.15, -0.1) is 0 Å². The molecule has 0 saturated heterocycles. The monoisotopic (exact) mass is 457 g/mol. The fraction of sp³-hybridized carbons (Fsp3) is 0.391. The SMILES string of the molecule is CCOCc1c(C(=O)OCC(=O)c2c(N)n(CC(C)C)c(=O)n(C)c2=O)oc2ccccc12. The van der Waals surface area contributed by atoms with E-state index in [-0.39, 0.29) is 30.6 Å². The van der Waals surface area contributed by atoms with Gasteiger partial charge in [-0.1, -0.05) is 32.0 Å². The summed E-state index contributed by atoms with van der Waals surface area (Å²) in [6, 6.07) is 7.06. The van der Waals surface area contributed by atoms with Gasteiger partial charge < -0.3 is 19.6 Å². The molecule has 0 saturated carbocycles. The number of hydrogen-bond acceptors (Lipinski definition) is 8. The van der Waals surface area contributed by atoms with E-state index in [1.807, 2.05) is 20.8 Å². The maximum atomic E-state index is 12.8. The van der Waals surface area contributed by atoms with Gasteiger partial charge in [-0.3, -0.25) is 18.7 Å². The lowest BCUT2D eigenvalue weighted by Gasteiger charge is -2.16. The van der Waals surface area contributed by atoms with Crippen molar-refractivity contribution in [3.05, 3.63) is 62.0 Å². The molecule has 0 aliphatic heterocycles. The molecule has 33 heavy (non-hydrogen) atoms. The zero-order chi connectivity index (χ0) is 24.3. The van der Waals surface area contributed by atoms with Gasteiger partial charge in [-0.2, -0.15) is 0 Å². The summed E-state index contributed by atoms with van der Waals surface area (Å²) in [6.45, 7) is 5.59. The fourth-order valence-corrected chi connectivity index (χ4v) is 3.47. The average Bonchev–Trinajstić information content (AvgIpc) is 3.16. The highest BCUT2D eigenvalue weighted by molar-refractivity contribution is 6.02. The first-order valence-corrected chi connectivity index (χ1v) is 10.5. The van der Waals surface area contributed by atoms with E-state index in [2.05, 4.69) is 0 Å². The third-order valence-corrected chi connectivity index (χ3v) is 5.08. The second-order valence-electron chi connectivity index (χ2n) is 7.95. The van der Waals surface area contributed by atoms with Crippen molar-refractivity contribution in [2.75, 3.05) is 18.9 Å². The van der Waals surface area contributed by atoms with Crippen LogP contribution in [0.2, 0.25) is 0 Å². The molecule has 0 unspecified atom stereocenters. The predicted molar refractivity (Wildman–Crippen MR) is 121 cm³/mol. The van der Waals surface area contributed by atoms with E-state index in [0.29, 0.717) is 23.1 Å². The van der Waals surface area contributed by atoms with Crippen LogP contribution in [0.25, 0.3) is 11.0 Å². The number of aromatic nitrogens is 2. The molecule has 0 amide bonds. The summed E-state index contributed by atoms with van der Waals surface area (Å²) in [7, 11) is 1.26. The first-order chi connectivity index (χ1) is 15.7. The minimum absolute atomic E-state index is 0.0418. The summed E-state index contributed by atoms with van der Waals surface area (Å²) in [6.07, 6.45) is 0. The Morgan fingerprint density at radius 2 is 1.88 bits per heavy atom. The lowest BCUT2D eigenvalue weighted by atomic mass is 10.1. The van der Waals surface area contributed by atoms with Crippen LogP contribution in [0.4, 0.5) is 5.82 Å². The first-order valence-electron chi connectivity index (χ1n) is 10.5. The zero-order valence-corrected chi connectivity index (χ0v) is 19.0. The smallest absolute Gasteiger partial charge is 0.375 e. The summed E-state index contributed by atoms with van der Waals surface area (Å²) in [5.41, 5.74) is 5.12. The van der Waals surface area contributed by atoms with Gasteiger partial charge in [0.25, 0.3) is 5.56 Å². The van der Waals surface area contributed by atoms with Crippen LogP contribution in [0, 0.1) is 5.92 Å². The highest BCUT2D eigenvalue weighted by Gasteiger charge is 2.26. The molecule has 3 aromatic rings. The zero-order valence-electron chi connectivity index (χ0n) is 19.0. The number of para-hydroxylation sites is 1. The lowest BCUT2D eigenvalue weighted by Crippen LogP contribution is -2.43. The second kappa shape index (κ2) is 9.86. The van der Waals surface area contributed by atoms with Gasteiger partial charge in [-0.05, 0) is 18.9 Å². The van der Waals surface area contributed by atoms with Crippen molar-refractivity contribution in [3.63, 3.8) is 0 Å². The molecule has 0 bridgehead atoms. The van der Waals surface area contributed by atoms with Crippen molar-refractivity contribution in [1.82, 2.24) is 9.13 Å². The van der Waals surface area contributed by atoms with Crippen molar-refractivity contribution in [1.29, 1.82) is 0 Å². The molecule has 0 radical (unpaired) electrons. The molecule has 2 heterocycles. The number of carbonyl (C=O) groups excluding carboxylic acids is 2. The molecule has 0 fully saturated rings. The van der Waals surface area contributed by atoms with Crippen LogP contribution in [-0.2, 0) is 29.7 Å². The van der Waals surface area contributed by atoms with Crippen molar-refractivity contribution < 1.29 is 23.5 Å². The van der Waals surface area contributed by atoms with E-state index in [0.717, 1.165) is 4.57 Å². The third kappa shape index (κ3) is 4.75. The van der Waals surface area contributed by atoms with E-state index in [1.54, 1.807) is 24.3 Å². The molecule has 3 rings (SSSR count). The van der Waals surface area contributed by atoms with Crippen LogP contribution in [0.15, 0.2) is 38.3 Å². The molecule has 2 aromatic heterocycles. The molecule has 176 valence electrons. The molecule has 0 aliphatic carbocycles. The number of ketones is 1. The Balaban J connectivity index is 1.89. The number of esters is 1. The Kier molecular flexibility index (Phi) is 7.17. The standard InChI is InChI=1S/C23H27N3O7/c1-5-31-11-15-14-8-6-7-9-17(14)33-19(15)22(29)32-12-16(27)18-20(24)26(10-13(2)3)23(30)25(4)21(18)28/h6-9,13H,5,10-12,24H2,1-4H3. The summed E-state index contributed by atoms with van der Waals surface area (Å²) in [5, 5.41) is 0.697. The first kappa shape index (κ1) is 24.0. The minimum Gasteiger partial charge on any atom is -0.451 e. The highest BCUT2D eigenvalue weighted by atomic mass is 16.5. The number of carbonyl (C=O) groups is 2. The number of nitrogen functional groups attached to an aromatic ring is 1. The van der Waals surface area contributed by atoms with E-state index >= 15 is 0 Å². The van der Waals surface area contributed by atoms with E-state index < -0.39 is 35.2 Å². The summed E-state index contributed by atoms with van der Waals surface area (Å²) < 4.78 is 18.2. The number of Topliss-reactive ketones (excluding diaryl/α,β-unsaturated/α-hetero) is 1. The maximum Gasteiger partial charge on any atom is 0.375 e.